The van der Waals surface area contributed by atoms with E-state index >= 15 is 0 Å². The van der Waals surface area contributed by atoms with Crippen LogP contribution in [0.4, 0.5) is 5.69 Å². The summed E-state index contributed by atoms with van der Waals surface area (Å²) in [4.78, 5) is 11.1. The van der Waals surface area contributed by atoms with E-state index in [1.165, 1.54) is 0 Å². The molecule has 0 bridgehead atoms. The maximum Gasteiger partial charge on any atom is 0.163 e. The number of hydrogen-bond acceptors (Lipinski definition) is 4. The van der Waals surface area contributed by atoms with Crippen LogP contribution in [-0.2, 0) is 17.7 Å². The summed E-state index contributed by atoms with van der Waals surface area (Å²) in [6.07, 6.45) is 0. The molecule has 0 atom stereocenters. The Balaban J connectivity index is 2.17. The first-order valence-corrected chi connectivity index (χ1v) is 7.02. The van der Waals surface area contributed by atoms with Crippen LogP contribution in [0.5, 0.6) is 0 Å². The molecule has 1 aliphatic rings. The smallest absolute Gasteiger partial charge is 0.163 e. The summed E-state index contributed by atoms with van der Waals surface area (Å²) in [5.41, 5.74) is 2.62. The zero-order valence-corrected chi connectivity index (χ0v) is 12.1. The molecule has 0 N–H and O–H groups in total. The van der Waals surface area contributed by atoms with Crippen molar-refractivity contribution in [3.63, 3.8) is 0 Å². The number of anilines is 1. The second-order valence-corrected chi connectivity index (χ2v) is 5.11. The Hall–Kier alpha value is -1.04. The predicted molar refractivity (Wildman–Crippen MR) is 76.1 cm³/mol. The fraction of sp³-hybridized carbons (Fsp3) is 0.500. The van der Waals surface area contributed by atoms with Gasteiger partial charge >= 0.3 is 0 Å². The molecular formula is C12H14Cl2N4O. The van der Waals surface area contributed by atoms with E-state index < -0.39 is 0 Å². The average molecular weight is 301 g/mol. The molecule has 3 heterocycles. The number of aryl methyl sites for hydroxylation is 1. The number of halogens is 2. The first kappa shape index (κ1) is 13.0. The van der Waals surface area contributed by atoms with Crippen molar-refractivity contribution in [1.29, 1.82) is 0 Å². The van der Waals surface area contributed by atoms with Crippen LogP contribution in [0.2, 0.25) is 5.15 Å². The predicted octanol–water partition coefficient (Wildman–Crippen LogP) is 2.20. The molecule has 0 amide bonds. The van der Waals surface area contributed by atoms with Crippen molar-refractivity contribution in [1.82, 2.24) is 14.5 Å². The standard InChI is InChI=1S/C12H14Cl2N4O/c1-17-10(7-13)16-11-8(6-9(14)15-12(11)17)18-2-4-19-5-3-18/h6H,2-5,7H2,1H3. The van der Waals surface area contributed by atoms with Crippen LogP contribution < -0.4 is 4.90 Å². The Bertz CT molecular complexity index is 607. The number of pyridine rings is 1. The summed E-state index contributed by atoms with van der Waals surface area (Å²) >= 11 is 12.0. The molecule has 1 fully saturated rings. The molecule has 19 heavy (non-hydrogen) atoms. The van der Waals surface area contributed by atoms with Gasteiger partial charge in [-0.25, -0.2) is 9.97 Å². The Morgan fingerprint density at radius 3 is 2.74 bits per heavy atom. The number of hydrogen-bond donors (Lipinski definition) is 0. The van der Waals surface area contributed by atoms with Crippen LogP contribution in [0.15, 0.2) is 6.07 Å². The van der Waals surface area contributed by atoms with Gasteiger partial charge in [0.1, 0.15) is 16.5 Å². The number of rotatable bonds is 2. The lowest BCUT2D eigenvalue weighted by molar-refractivity contribution is 0.123. The summed E-state index contributed by atoms with van der Waals surface area (Å²) < 4.78 is 7.26. The van der Waals surface area contributed by atoms with Gasteiger partial charge in [0.25, 0.3) is 0 Å². The van der Waals surface area contributed by atoms with Gasteiger partial charge in [0.2, 0.25) is 0 Å². The number of aromatic nitrogens is 3. The monoisotopic (exact) mass is 300 g/mol. The molecule has 7 heteroatoms. The molecule has 0 aliphatic carbocycles. The summed E-state index contributed by atoms with van der Waals surface area (Å²) in [6.45, 7) is 3.11. The summed E-state index contributed by atoms with van der Waals surface area (Å²) in [7, 11) is 1.90. The quantitative estimate of drug-likeness (QED) is 0.630. The third kappa shape index (κ3) is 2.26. The first-order valence-electron chi connectivity index (χ1n) is 6.11. The van der Waals surface area contributed by atoms with Gasteiger partial charge < -0.3 is 14.2 Å². The number of alkyl halides is 1. The van der Waals surface area contributed by atoms with E-state index in [1.54, 1.807) is 0 Å². The lowest BCUT2D eigenvalue weighted by Gasteiger charge is -2.28. The zero-order chi connectivity index (χ0) is 13.4. The van der Waals surface area contributed by atoms with Crippen LogP contribution >= 0.6 is 23.2 Å². The molecule has 0 radical (unpaired) electrons. The van der Waals surface area contributed by atoms with Crippen LogP contribution in [0.25, 0.3) is 11.2 Å². The average Bonchev–Trinajstić information content (AvgIpc) is 2.76. The van der Waals surface area contributed by atoms with Crippen molar-refractivity contribution in [2.75, 3.05) is 31.2 Å². The lowest BCUT2D eigenvalue weighted by Crippen LogP contribution is -2.36. The highest BCUT2D eigenvalue weighted by molar-refractivity contribution is 6.30. The maximum atomic E-state index is 6.12. The van der Waals surface area contributed by atoms with E-state index in [2.05, 4.69) is 14.9 Å². The van der Waals surface area contributed by atoms with E-state index in [9.17, 15) is 0 Å². The molecule has 0 unspecified atom stereocenters. The molecule has 102 valence electrons. The zero-order valence-electron chi connectivity index (χ0n) is 10.6. The third-order valence-corrected chi connectivity index (χ3v) is 3.77. The Morgan fingerprint density at radius 1 is 1.32 bits per heavy atom. The van der Waals surface area contributed by atoms with Crippen molar-refractivity contribution >= 4 is 40.1 Å². The molecule has 0 spiro atoms. The summed E-state index contributed by atoms with van der Waals surface area (Å²) in [6, 6.07) is 1.86. The summed E-state index contributed by atoms with van der Waals surface area (Å²) in [5.74, 6) is 1.15. The van der Waals surface area contributed by atoms with Gasteiger partial charge in [-0.2, -0.15) is 0 Å². The SMILES string of the molecule is Cn1c(CCl)nc2c(N3CCOCC3)cc(Cl)nc21. The van der Waals surface area contributed by atoms with Gasteiger partial charge in [0.15, 0.2) is 5.65 Å². The van der Waals surface area contributed by atoms with Gasteiger partial charge in [-0.15, -0.1) is 11.6 Å². The Labute approximate surface area is 121 Å². The fourth-order valence-electron chi connectivity index (χ4n) is 2.31. The minimum absolute atomic E-state index is 0.354. The van der Waals surface area contributed by atoms with Crippen molar-refractivity contribution in [3.05, 3.63) is 17.0 Å². The van der Waals surface area contributed by atoms with Crippen molar-refractivity contribution in [2.45, 2.75) is 5.88 Å². The van der Waals surface area contributed by atoms with E-state index in [0.717, 1.165) is 49.0 Å². The number of ether oxygens (including phenoxy) is 1. The maximum absolute atomic E-state index is 6.12. The first-order chi connectivity index (χ1) is 9.20. The molecule has 2 aromatic heterocycles. The van der Waals surface area contributed by atoms with Crippen molar-refractivity contribution < 1.29 is 4.74 Å². The molecule has 0 aromatic carbocycles. The van der Waals surface area contributed by atoms with Crippen LogP contribution in [0.3, 0.4) is 0 Å². The van der Waals surface area contributed by atoms with Crippen molar-refractivity contribution in [3.8, 4) is 0 Å². The Kier molecular flexibility index (Phi) is 3.52. The topological polar surface area (TPSA) is 43.2 Å². The van der Waals surface area contributed by atoms with Gasteiger partial charge in [0, 0.05) is 26.2 Å². The minimum atomic E-state index is 0.354. The Morgan fingerprint density at radius 2 is 2.05 bits per heavy atom. The van der Waals surface area contributed by atoms with Crippen LogP contribution in [0.1, 0.15) is 5.82 Å². The van der Waals surface area contributed by atoms with Crippen molar-refractivity contribution in [2.24, 2.45) is 7.05 Å². The molecule has 1 aliphatic heterocycles. The summed E-state index contributed by atoms with van der Waals surface area (Å²) in [5, 5.41) is 0.470. The number of morpholine rings is 1. The number of nitrogens with zero attached hydrogens (tertiary/aromatic N) is 4. The molecule has 3 rings (SSSR count). The van der Waals surface area contributed by atoms with Gasteiger partial charge in [-0.05, 0) is 0 Å². The van der Waals surface area contributed by atoms with Crippen LogP contribution in [0, 0.1) is 0 Å². The minimum Gasteiger partial charge on any atom is -0.378 e. The third-order valence-electron chi connectivity index (χ3n) is 3.34. The van der Waals surface area contributed by atoms with Gasteiger partial charge in [-0.3, -0.25) is 0 Å². The second-order valence-electron chi connectivity index (χ2n) is 4.46. The van der Waals surface area contributed by atoms with E-state index in [-0.39, 0.29) is 0 Å². The van der Waals surface area contributed by atoms with E-state index in [0.29, 0.717) is 11.0 Å². The molecule has 2 aromatic rings. The molecule has 0 saturated carbocycles. The molecular weight excluding hydrogens is 287 g/mol. The largest absolute Gasteiger partial charge is 0.378 e. The van der Waals surface area contributed by atoms with E-state index in [1.807, 2.05) is 17.7 Å². The van der Waals surface area contributed by atoms with E-state index in [4.69, 9.17) is 27.9 Å². The fourth-order valence-corrected chi connectivity index (χ4v) is 2.74. The second kappa shape index (κ2) is 5.15. The highest BCUT2D eigenvalue weighted by Gasteiger charge is 2.19. The highest BCUT2D eigenvalue weighted by Crippen LogP contribution is 2.29. The molecule has 1 saturated heterocycles. The highest BCUT2D eigenvalue weighted by atomic mass is 35.5. The molecule has 5 nitrogen and oxygen atoms in total. The lowest BCUT2D eigenvalue weighted by atomic mass is 10.3. The number of fused-ring (bicyclic) bond motifs is 1. The normalized spacial score (nSPS) is 16.3. The van der Waals surface area contributed by atoms with Crippen LogP contribution in [-0.4, -0.2) is 40.8 Å². The number of imidazole rings is 1. The van der Waals surface area contributed by atoms with Gasteiger partial charge in [-0.1, -0.05) is 11.6 Å². The van der Waals surface area contributed by atoms with Gasteiger partial charge in [0.05, 0.1) is 24.8 Å².